The molecular formula is C16H30N4O. The van der Waals surface area contributed by atoms with Crippen LogP contribution in [0.5, 0.6) is 0 Å². The Kier molecular flexibility index (Phi) is 6.21. The minimum atomic E-state index is -0.134. The Labute approximate surface area is 128 Å². The first kappa shape index (κ1) is 16.5. The molecule has 1 heterocycles. The molecule has 1 atom stereocenters. The van der Waals surface area contributed by atoms with Gasteiger partial charge in [-0.2, -0.15) is 0 Å². The van der Waals surface area contributed by atoms with Gasteiger partial charge in [0.25, 0.3) is 0 Å². The summed E-state index contributed by atoms with van der Waals surface area (Å²) in [6, 6.07) is 0.121. The molecule has 1 aromatic rings. The molecule has 5 nitrogen and oxygen atoms in total. The van der Waals surface area contributed by atoms with Gasteiger partial charge in [-0.3, -0.25) is 11.3 Å². The van der Waals surface area contributed by atoms with E-state index in [1.165, 1.54) is 19.3 Å². The van der Waals surface area contributed by atoms with Crippen LogP contribution in [0.25, 0.3) is 0 Å². The Hall–Kier alpha value is -0.910. The van der Waals surface area contributed by atoms with E-state index in [2.05, 4.69) is 35.0 Å². The summed E-state index contributed by atoms with van der Waals surface area (Å²) in [6.45, 7) is 6.00. The summed E-state index contributed by atoms with van der Waals surface area (Å²) in [5, 5.41) is 0. The first-order valence-corrected chi connectivity index (χ1v) is 8.36. The van der Waals surface area contributed by atoms with E-state index < -0.39 is 0 Å². The van der Waals surface area contributed by atoms with Gasteiger partial charge in [-0.05, 0) is 26.2 Å². The quantitative estimate of drug-likeness (QED) is 0.571. The molecule has 1 fully saturated rings. The number of aryl methyl sites for hydroxylation is 1. The Morgan fingerprint density at radius 2 is 2.14 bits per heavy atom. The van der Waals surface area contributed by atoms with Gasteiger partial charge >= 0.3 is 0 Å². The minimum absolute atomic E-state index is 0.121. The van der Waals surface area contributed by atoms with Gasteiger partial charge in [0, 0.05) is 32.0 Å². The number of aromatic nitrogens is 2. The lowest BCUT2D eigenvalue weighted by Crippen LogP contribution is -2.57. The monoisotopic (exact) mass is 294 g/mol. The highest BCUT2D eigenvalue weighted by atomic mass is 16.5. The number of rotatable bonds is 8. The predicted molar refractivity (Wildman–Crippen MR) is 84.8 cm³/mol. The molecule has 0 spiro atoms. The molecule has 120 valence electrons. The van der Waals surface area contributed by atoms with Crippen LogP contribution in [-0.2, 0) is 17.7 Å². The molecule has 1 saturated carbocycles. The molecular weight excluding hydrogens is 264 g/mol. The molecule has 0 saturated heterocycles. The maximum Gasteiger partial charge on any atom is 0.110 e. The summed E-state index contributed by atoms with van der Waals surface area (Å²) >= 11 is 0. The second-order valence-corrected chi connectivity index (χ2v) is 6.02. The fourth-order valence-electron chi connectivity index (χ4n) is 3.58. The van der Waals surface area contributed by atoms with E-state index in [0.717, 1.165) is 44.7 Å². The summed E-state index contributed by atoms with van der Waals surface area (Å²) < 4.78 is 8.42. The van der Waals surface area contributed by atoms with Crippen molar-refractivity contribution in [3.05, 3.63) is 18.2 Å². The molecule has 0 radical (unpaired) electrons. The highest BCUT2D eigenvalue weighted by Crippen LogP contribution is 2.35. The molecule has 2 rings (SSSR count). The van der Waals surface area contributed by atoms with Gasteiger partial charge in [-0.25, -0.2) is 4.98 Å². The SMILES string of the molecule is CCCn1ccnc1CC(NN)C1(OCC)CCCCC1. The van der Waals surface area contributed by atoms with Crippen molar-refractivity contribution in [1.29, 1.82) is 0 Å². The van der Waals surface area contributed by atoms with Crippen molar-refractivity contribution in [3.63, 3.8) is 0 Å². The molecule has 0 aromatic carbocycles. The lowest BCUT2D eigenvalue weighted by Gasteiger charge is -2.43. The van der Waals surface area contributed by atoms with Crippen LogP contribution in [0.3, 0.4) is 0 Å². The van der Waals surface area contributed by atoms with Crippen molar-refractivity contribution in [3.8, 4) is 0 Å². The molecule has 1 unspecified atom stereocenters. The van der Waals surface area contributed by atoms with E-state index in [1.54, 1.807) is 0 Å². The average Bonchev–Trinajstić information content (AvgIpc) is 2.93. The molecule has 5 heteroatoms. The fourth-order valence-corrected chi connectivity index (χ4v) is 3.58. The van der Waals surface area contributed by atoms with Crippen LogP contribution in [0, 0.1) is 0 Å². The zero-order valence-corrected chi connectivity index (χ0v) is 13.5. The minimum Gasteiger partial charge on any atom is -0.374 e. The first-order valence-electron chi connectivity index (χ1n) is 8.36. The van der Waals surface area contributed by atoms with Crippen molar-refractivity contribution in [2.24, 2.45) is 5.84 Å². The Morgan fingerprint density at radius 1 is 1.38 bits per heavy atom. The number of nitrogens with zero attached hydrogens (tertiary/aromatic N) is 2. The van der Waals surface area contributed by atoms with Crippen molar-refractivity contribution in [2.45, 2.75) is 77.0 Å². The lowest BCUT2D eigenvalue weighted by atomic mass is 9.78. The number of hydrogen-bond acceptors (Lipinski definition) is 4. The molecule has 1 aliphatic rings. The van der Waals surface area contributed by atoms with Gasteiger partial charge in [0.1, 0.15) is 5.82 Å². The number of ether oxygens (including phenoxy) is 1. The summed E-state index contributed by atoms with van der Waals surface area (Å²) in [6.07, 6.45) is 11.8. The van der Waals surface area contributed by atoms with Crippen molar-refractivity contribution < 1.29 is 4.74 Å². The van der Waals surface area contributed by atoms with Crippen molar-refractivity contribution in [2.75, 3.05) is 6.61 Å². The van der Waals surface area contributed by atoms with Crippen LogP contribution in [0.4, 0.5) is 0 Å². The molecule has 1 aromatic heterocycles. The van der Waals surface area contributed by atoms with E-state index in [4.69, 9.17) is 10.6 Å². The molecule has 1 aliphatic carbocycles. The number of hydrazine groups is 1. The predicted octanol–water partition coefficient (Wildman–Crippen LogP) is 2.41. The average molecular weight is 294 g/mol. The van der Waals surface area contributed by atoms with Crippen LogP contribution in [-0.4, -0.2) is 27.8 Å². The number of hydrogen-bond donors (Lipinski definition) is 2. The molecule has 0 aliphatic heterocycles. The summed E-state index contributed by atoms with van der Waals surface area (Å²) in [5.41, 5.74) is 2.89. The third-order valence-electron chi connectivity index (χ3n) is 4.62. The Balaban J connectivity index is 2.14. The Bertz CT molecular complexity index is 407. The largest absolute Gasteiger partial charge is 0.374 e. The van der Waals surface area contributed by atoms with Gasteiger partial charge < -0.3 is 9.30 Å². The van der Waals surface area contributed by atoms with Crippen LogP contribution in [0.1, 0.15) is 58.2 Å². The van der Waals surface area contributed by atoms with Gasteiger partial charge in [0.15, 0.2) is 0 Å². The normalized spacial score (nSPS) is 19.6. The maximum absolute atomic E-state index is 6.19. The van der Waals surface area contributed by atoms with Crippen LogP contribution in [0.2, 0.25) is 0 Å². The Morgan fingerprint density at radius 3 is 2.76 bits per heavy atom. The lowest BCUT2D eigenvalue weighted by molar-refractivity contribution is -0.0903. The summed E-state index contributed by atoms with van der Waals surface area (Å²) in [5.74, 6) is 6.99. The number of nitrogens with two attached hydrogens (primary N) is 1. The molecule has 0 bridgehead atoms. The van der Waals surface area contributed by atoms with Crippen LogP contribution < -0.4 is 11.3 Å². The highest BCUT2D eigenvalue weighted by molar-refractivity contribution is 5.03. The second kappa shape index (κ2) is 7.92. The van der Waals surface area contributed by atoms with E-state index in [-0.39, 0.29) is 11.6 Å². The van der Waals surface area contributed by atoms with Gasteiger partial charge in [0.05, 0.1) is 11.6 Å². The molecule has 21 heavy (non-hydrogen) atoms. The van der Waals surface area contributed by atoms with E-state index in [0.29, 0.717) is 0 Å². The van der Waals surface area contributed by atoms with E-state index in [1.807, 2.05) is 6.20 Å². The van der Waals surface area contributed by atoms with Gasteiger partial charge in [-0.1, -0.05) is 26.2 Å². The fraction of sp³-hybridized carbons (Fsp3) is 0.812. The smallest absolute Gasteiger partial charge is 0.110 e. The van der Waals surface area contributed by atoms with Crippen molar-refractivity contribution >= 4 is 0 Å². The second-order valence-electron chi connectivity index (χ2n) is 6.02. The van der Waals surface area contributed by atoms with Crippen LogP contribution >= 0.6 is 0 Å². The first-order chi connectivity index (χ1) is 10.3. The topological polar surface area (TPSA) is 65.1 Å². The number of imidazole rings is 1. The highest BCUT2D eigenvalue weighted by Gasteiger charge is 2.40. The van der Waals surface area contributed by atoms with E-state index >= 15 is 0 Å². The summed E-state index contributed by atoms with van der Waals surface area (Å²) in [4.78, 5) is 4.52. The third-order valence-corrected chi connectivity index (χ3v) is 4.62. The number of nitrogens with one attached hydrogen (secondary N) is 1. The molecule has 0 amide bonds. The van der Waals surface area contributed by atoms with Gasteiger partial charge in [-0.15, -0.1) is 0 Å². The maximum atomic E-state index is 6.19. The third kappa shape index (κ3) is 3.84. The molecule has 3 N–H and O–H groups in total. The van der Waals surface area contributed by atoms with E-state index in [9.17, 15) is 0 Å². The van der Waals surface area contributed by atoms with Crippen LogP contribution in [0.15, 0.2) is 12.4 Å². The standard InChI is InChI=1S/C16H30N4O/c1-3-11-20-12-10-18-15(20)13-14(19-17)16(21-4-2)8-6-5-7-9-16/h10,12,14,19H,3-9,11,13,17H2,1-2H3. The van der Waals surface area contributed by atoms with Gasteiger partial charge in [0.2, 0.25) is 0 Å². The zero-order chi connectivity index (χ0) is 15.1. The zero-order valence-electron chi connectivity index (χ0n) is 13.5. The van der Waals surface area contributed by atoms with Crippen molar-refractivity contribution in [1.82, 2.24) is 15.0 Å². The summed E-state index contributed by atoms with van der Waals surface area (Å²) in [7, 11) is 0.